The Morgan fingerprint density at radius 3 is 2.81 bits per heavy atom. The van der Waals surface area contributed by atoms with Crippen molar-refractivity contribution in [2.75, 3.05) is 0 Å². The van der Waals surface area contributed by atoms with Crippen LogP contribution in [0.25, 0.3) is 0 Å². The topological polar surface area (TPSA) is 30.0 Å². The molecule has 0 fully saturated rings. The molecule has 0 radical (unpaired) electrons. The maximum atomic E-state index is 10.5. The highest BCUT2D eigenvalue weighted by Crippen LogP contribution is 2.08. The summed E-state index contributed by atoms with van der Waals surface area (Å²) < 4.78 is 0. The molecule has 1 aromatic heterocycles. The van der Waals surface area contributed by atoms with E-state index in [1.807, 2.05) is 31.2 Å². The first kappa shape index (κ1) is 12.1. The molecule has 82 valence electrons. The van der Waals surface area contributed by atoms with Crippen molar-refractivity contribution < 1.29 is 4.79 Å². The molecule has 0 aliphatic heterocycles. The van der Waals surface area contributed by atoms with Crippen molar-refractivity contribution in [2.24, 2.45) is 0 Å². The zero-order chi connectivity index (χ0) is 11.8. The van der Waals surface area contributed by atoms with Gasteiger partial charge in [-0.3, -0.25) is 9.78 Å². The number of nitrogens with zero attached hydrogens (tertiary/aromatic N) is 1. The third kappa shape index (κ3) is 3.65. The molecule has 1 aromatic rings. The van der Waals surface area contributed by atoms with Gasteiger partial charge in [0.15, 0.2) is 6.29 Å². The summed E-state index contributed by atoms with van der Waals surface area (Å²) in [5.41, 5.74) is 2.68. The van der Waals surface area contributed by atoms with Gasteiger partial charge in [-0.1, -0.05) is 30.9 Å². The van der Waals surface area contributed by atoms with Crippen LogP contribution in [0, 0.1) is 0 Å². The van der Waals surface area contributed by atoms with Gasteiger partial charge in [-0.15, -0.1) is 0 Å². The van der Waals surface area contributed by atoms with Gasteiger partial charge in [-0.05, 0) is 24.6 Å². The summed E-state index contributed by atoms with van der Waals surface area (Å²) in [7, 11) is 0. The quantitative estimate of drug-likeness (QED) is 0.555. The van der Waals surface area contributed by atoms with Crippen LogP contribution in [-0.2, 0) is 6.42 Å². The van der Waals surface area contributed by atoms with Gasteiger partial charge in [0.25, 0.3) is 0 Å². The van der Waals surface area contributed by atoms with Gasteiger partial charge < -0.3 is 0 Å². The van der Waals surface area contributed by atoms with Crippen LogP contribution in [0.5, 0.6) is 0 Å². The number of carbonyl (C=O) groups is 1. The molecule has 1 rings (SSSR count). The standard InChI is InChI=1S/C14H15NO/c1-3-5-12(6-4-2)9-14-8-7-13(11-16)10-15-14/h3-8,10-11H,1,9H2,2H3/b6-4-,12-5+. The number of aromatic nitrogens is 1. The molecule has 2 nitrogen and oxygen atoms in total. The summed E-state index contributed by atoms with van der Waals surface area (Å²) in [6.45, 7) is 5.65. The summed E-state index contributed by atoms with van der Waals surface area (Å²) in [6.07, 6.45) is 10.8. The van der Waals surface area contributed by atoms with Crippen LogP contribution >= 0.6 is 0 Å². The molecule has 16 heavy (non-hydrogen) atoms. The van der Waals surface area contributed by atoms with Crippen LogP contribution in [0.15, 0.2) is 54.8 Å². The molecule has 0 N–H and O–H groups in total. The van der Waals surface area contributed by atoms with E-state index in [1.165, 1.54) is 0 Å². The van der Waals surface area contributed by atoms with Crippen LogP contribution in [0.4, 0.5) is 0 Å². The lowest BCUT2D eigenvalue weighted by Gasteiger charge is -2.01. The van der Waals surface area contributed by atoms with Gasteiger partial charge in [0.2, 0.25) is 0 Å². The van der Waals surface area contributed by atoms with Crippen molar-refractivity contribution in [1.82, 2.24) is 4.98 Å². The minimum absolute atomic E-state index is 0.601. The summed E-state index contributed by atoms with van der Waals surface area (Å²) >= 11 is 0. The lowest BCUT2D eigenvalue weighted by molar-refractivity contribution is 0.112. The zero-order valence-electron chi connectivity index (χ0n) is 9.39. The van der Waals surface area contributed by atoms with Gasteiger partial charge in [-0.2, -0.15) is 0 Å². The Hall–Kier alpha value is -1.96. The highest BCUT2D eigenvalue weighted by Gasteiger charge is 1.97. The summed E-state index contributed by atoms with van der Waals surface area (Å²) in [6, 6.07) is 3.64. The van der Waals surface area contributed by atoms with Crippen LogP contribution in [0.3, 0.4) is 0 Å². The highest BCUT2D eigenvalue weighted by atomic mass is 16.1. The molecule has 0 atom stereocenters. The first-order valence-corrected chi connectivity index (χ1v) is 5.14. The van der Waals surface area contributed by atoms with Gasteiger partial charge in [0, 0.05) is 23.9 Å². The van der Waals surface area contributed by atoms with E-state index in [2.05, 4.69) is 11.6 Å². The molecule has 1 heterocycles. The average molecular weight is 213 g/mol. The molecule has 0 bridgehead atoms. The highest BCUT2D eigenvalue weighted by molar-refractivity contribution is 5.73. The predicted octanol–water partition coefficient (Wildman–Crippen LogP) is 3.13. The molecule has 0 saturated carbocycles. The average Bonchev–Trinajstić information content (AvgIpc) is 2.31. The lowest BCUT2D eigenvalue weighted by atomic mass is 10.1. The van der Waals surface area contributed by atoms with E-state index in [-0.39, 0.29) is 0 Å². The minimum Gasteiger partial charge on any atom is -0.298 e. The summed E-state index contributed by atoms with van der Waals surface area (Å²) in [5, 5.41) is 0. The van der Waals surface area contributed by atoms with Crippen LogP contribution < -0.4 is 0 Å². The molecule has 0 aliphatic rings. The monoisotopic (exact) mass is 213 g/mol. The lowest BCUT2D eigenvalue weighted by Crippen LogP contribution is -1.93. The molecule has 0 saturated heterocycles. The fraction of sp³-hybridized carbons (Fsp3) is 0.143. The second-order valence-corrected chi connectivity index (χ2v) is 3.35. The maximum Gasteiger partial charge on any atom is 0.151 e. The second-order valence-electron chi connectivity index (χ2n) is 3.35. The third-order valence-corrected chi connectivity index (χ3v) is 2.08. The molecular weight excluding hydrogens is 198 g/mol. The molecule has 0 aliphatic carbocycles. The Balaban J connectivity index is 2.81. The van der Waals surface area contributed by atoms with E-state index < -0.39 is 0 Å². The maximum absolute atomic E-state index is 10.5. The molecule has 0 spiro atoms. The second kappa shape index (κ2) is 6.51. The Morgan fingerprint density at radius 2 is 2.31 bits per heavy atom. The van der Waals surface area contributed by atoms with Crippen molar-refractivity contribution >= 4 is 6.29 Å². The Labute approximate surface area is 96.0 Å². The van der Waals surface area contributed by atoms with Crippen molar-refractivity contribution in [2.45, 2.75) is 13.3 Å². The first-order chi connectivity index (χ1) is 7.80. The predicted molar refractivity (Wildman–Crippen MR) is 66.4 cm³/mol. The fourth-order valence-corrected chi connectivity index (χ4v) is 1.36. The summed E-state index contributed by atoms with van der Waals surface area (Å²) in [5.74, 6) is 0. The van der Waals surface area contributed by atoms with Crippen molar-refractivity contribution in [1.29, 1.82) is 0 Å². The Bertz CT molecular complexity index is 413. The third-order valence-electron chi connectivity index (χ3n) is 2.08. The first-order valence-electron chi connectivity index (χ1n) is 5.14. The van der Waals surface area contributed by atoms with Crippen molar-refractivity contribution in [3.05, 3.63) is 66.0 Å². The number of rotatable bonds is 5. The van der Waals surface area contributed by atoms with Gasteiger partial charge in [0.05, 0.1) is 0 Å². The zero-order valence-corrected chi connectivity index (χ0v) is 9.39. The van der Waals surface area contributed by atoms with E-state index >= 15 is 0 Å². The molecular formula is C14H15NO. The number of hydrogen-bond donors (Lipinski definition) is 0. The van der Waals surface area contributed by atoms with Crippen LogP contribution in [0.1, 0.15) is 23.0 Å². The summed E-state index contributed by atoms with van der Waals surface area (Å²) in [4.78, 5) is 14.7. The normalized spacial score (nSPS) is 11.7. The number of aldehydes is 1. The van der Waals surface area contributed by atoms with E-state index in [0.717, 1.165) is 24.0 Å². The molecule has 0 unspecified atom stereocenters. The number of hydrogen-bond acceptors (Lipinski definition) is 2. The molecule has 0 amide bonds. The fourth-order valence-electron chi connectivity index (χ4n) is 1.36. The minimum atomic E-state index is 0.601. The van der Waals surface area contributed by atoms with E-state index in [1.54, 1.807) is 18.3 Å². The largest absolute Gasteiger partial charge is 0.298 e. The van der Waals surface area contributed by atoms with Crippen LogP contribution in [-0.4, -0.2) is 11.3 Å². The van der Waals surface area contributed by atoms with Crippen molar-refractivity contribution in [3.63, 3.8) is 0 Å². The smallest absolute Gasteiger partial charge is 0.151 e. The molecule has 0 aromatic carbocycles. The van der Waals surface area contributed by atoms with Gasteiger partial charge in [-0.25, -0.2) is 0 Å². The van der Waals surface area contributed by atoms with E-state index in [9.17, 15) is 4.79 Å². The van der Waals surface area contributed by atoms with E-state index in [4.69, 9.17) is 0 Å². The number of allylic oxidation sites excluding steroid dienone is 5. The number of carbonyl (C=O) groups excluding carboxylic acids is 1. The SMILES string of the molecule is C=C/C=C(\C=C/C)Cc1ccc(C=O)cn1. The Kier molecular flexibility index (Phi) is 4.93. The van der Waals surface area contributed by atoms with Crippen LogP contribution in [0.2, 0.25) is 0 Å². The van der Waals surface area contributed by atoms with Gasteiger partial charge >= 0.3 is 0 Å². The van der Waals surface area contributed by atoms with Gasteiger partial charge in [0.1, 0.15) is 0 Å². The molecule has 2 heteroatoms. The Morgan fingerprint density at radius 1 is 1.50 bits per heavy atom. The number of pyridine rings is 1. The van der Waals surface area contributed by atoms with E-state index in [0.29, 0.717) is 5.56 Å². The van der Waals surface area contributed by atoms with Crippen molar-refractivity contribution in [3.8, 4) is 0 Å².